The van der Waals surface area contributed by atoms with E-state index >= 15 is 0 Å². The summed E-state index contributed by atoms with van der Waals surface area (Å²) >= 11 is 1.39. The van der Waals surface area contributed by atoms with Crippen LogP contribution in [0.1, 0.15) is 38.3 Å². The topological polar surface area (TPSA) is 97.2 Å². The summed E-state index contributed by atoms with van der Waals surface area (Å²) in [6.45, 7) is 11.2. The first kappa shape index (κ1) is 24.8. The van der Waals surface area contributed by atoms with Gasteiger partial charge >= 0.3 is 6.03 Å². The number of carbonyl (C=O) groups is 1. The molecule has 0 radical (unpaired) electrons. The molecule has 9 nitrogen and oxygen atoms in total. The first-order chi connectivity index (χ1) is 16.6. The second kappa shape index (κ2) is 10.2. The lowest BCUT2D eigenvalue weighted by Crippen LogP contribution is -2.48. The van der Waals surface area contributed by atoms with Crippen molar-refractivity contribution in [1.29, 1.82) is 0 Å². The maximum Gasteiger partial charge on any atom is 0.317 e. The normalized spacial score (nSPS) is 15.8. The lowest BCUT2D eigenvalue weighted by Gasteiger charge is -2.25. The minimum Gasteiger partial charge on any atom is -0.472 e. The molecule has 1 atom stereocenters. The highest BCUT2D eigenvalue weighted by Gasteiger charge is 2.30. The van der Waals surface area contributed by atoms with Crippen LogP contribution in [0, 0.1) is 13.8 Å². The molecule has 1 aliphatic heterocycles. The SMILES string of the molecule is Cc1cccc(C)c1-c1cc(OC2CCN(C(=O)NC(C)(C)C)C2)nc(NSc2cnn(C)c2)n1. The van der Waals surface area contributed by atoms with E-state index in [4.69, 9.17) is 9.72 Å². The van der Waals surface area contributed by atoms with Crippen molar-refractivity contribution in [3.8, 4) is 17.1 Å². The van der Waals surface area contributed by atoms with E-state index in [1.807, 2.05) is 46.1 Å². The van der Waals surface area contributed by atoms with Crippen molar-refractivity contribution in [1.82, 2.24) is 30.0 Å². The Kier molecular flexibility index (Phi) is 7.20. The molecule has 0 saturated carbocycles. The Labute approximate surface area is 210 Å². The zero-order chi connectivity index (χ0) is 25.2. The van der Waals surface area contributed by atoms with Gasteiger partial charge in [-0.1, -0.05) is 18.2 Å². The maximum absolute atomic E-state index is 12.6. The largest absolute Gasteiger partial charge is 0.472 e. The standard InChI is InChI=1S/C25H33N7O2S/c1-16-8-7-9-17(2)22(16)20-12-21(28-23(27-20)30-35-19-13-26-31(6)15-19)34-18-10-11-32(14-18)24(33)29-25(3,4)5/h7-9,12-13,15,18H,10-11,14H2,1-6H3,(H,29,33)(H,27,28,30). The van der Waals surface area contributed by atoms with Gasteiger partial charge in [0.2, 0.25) is 11.8 Å². The predicted octanol–water partition coefficient (Wildman–Crippen LogP) is 4.57. The average Bonchev–Trinajstić information content (AvgIpc) is 3.40. The van der Waals surface area contributed by atoms with Crippen LogP contribution in [0.4, 0.5) is 10.7 Å². The third kappa shape index (κ3) is 6.45. The van der Waals surface area contributed by atoms with Crippen molar-refractivity contribution in [2.24, 2.45) is 7.05 Å². The van der Waals surface area contributed by atoms with Gasteiger partial charge in [0.1, 0.15) is 6.10 Å². The van der Waals surface area contributed by atoms with E-state index in [2.05, 4.69) is 46.1 Å². The van der Waals surface area contributed by atoms with Crippen molar-refractivity contribution in [2.75, 3.05) is 17.8 Å². The number of rotatable bonds is 6. The minimum absolute atomic E-state index is 0.0715. The third-order valence-electron chi connectivity index (χ3n) is 5.58. The summed E-state index contributed by atoms with van der Waals surface area (Å²) in [7, 11) is 1.88. The first-order valence-electron chi connectivity index (χ1n) is 11.7. The molecule has 2 aromatic heterocycles. The van der Waals surface area contributed by atoms with Crippen LogP contribution in [0.15, 0.2) is 41.6 Å². The van der Waals surface area contributed by atoms with E-state index in [0.29, 0.717) is 24.9 Å². The Morgan fingerprint density at radius 3 is 2.60 bits per heavy atom. The van der Waals surface area contributed by atoms with E-state index < -0.39 is 0 Å². The van der Waals surface area contributed by atoms with E-state index in [1.54, 1.807) is 15.8 Å². The Bertz CT molecular complexity index is 1180. The average molecular weight is 496 g/mol. The monoisotopic (exact) mass is 495 g/mol. The van der Waals surface area contributed by atoms with Gasteiger partial charge in [0.25, 0.3) is 0 Å². The van der Waals surface area contributed by atoms with E-state index in [-0.39, 0.29) is 17.7 Å². The number of aromatic nitrogens is 4. The molecule has 0 aliphatic carbocycles. The molecule has 1 unspecified atom stereocenters. The third-order valence-corrected chi connectivity index (χ3v) is 6.31. The van der Waals surface area contributed by atoms with Gasteiger partial charge < -0.3 is 15.0 Å². The van der Waals surface area contributed by atoms with Crippen molar-refractivity contribution in [3.05, 3.63) is 47.8 Å². The van der Waals surface area contributed by atoms with Crippen molar-refractivity contribution in [2.45, 2.75) is 57.6 Å². The molecular formula is C25H33N7O2S. The van der Waals surface area contributed by atoms with Crippen LogP contribution in [0.5, 0.6) is 5.88 Å². The number of nitrogens with one attached hydrogen (secondary N) is 2. The van der Waals surface area contributed by atoms with Gasteiger partial charge in [0, 0.05) is 43.4 Å². The summed E-state index contributed by atoms with van der Waals surface area (Å²) < 4.78 is 11.3. The van der Waals surface area contributed by atoms with Gasteiger partial charge in [-0.05, 0) is 57.7 Å². The molecule has 2 N–H and O–H groups in total. The smallest absolute Gasteiger partial charge is 0.317 e. The Hall–Kier alpha value is -3.27. The van der Waals surface area contributed by atoms with Gasteiger partial charge in [-0.2, -0.15) is 10.1 Å². The molecule has 10 heteroatoms. The van der Waals surface area contributed by atoms with Crippen molar-refractivity contribution in [3.63, 3.8) is 0 Å². The molecule has 0 spiro atoms. The highest BCUT2D eigenvalue weighted by atomic mass is 32.2. The fraction of sp³-hybridized carbons (Fsp3) is 0.440. The van der Waals surface area contributed by atoms with Crippen LogP contribution < -0.4 is 14.8 Å². The second-order valence-corrected chi connectivity index (χ2v) is 10.8. The van der Waals surface area contributed by atoms with E-state index in [1.165, 1.54) is 11.9 Å². The molecule has 186 valence electrons. The quantitative estimate of drug-likeness (QED) is 0.483. The molecule has 35 heavy (non-hydrogen) atoms. The van der Waals surface area contributed by atoms with Crippen molar-refractivity contribution < 1.29 is 9.53 Å². The van der Waals surface area contributed by atoms with Gasteiger partial charge in [0.15, 0.2) is 0 Å². The Morgan fingerprint density at radius 2 is 1.94 bits per heavy atom. The summed E-state index contributed by atoms with van der Waals surface area (Å²) in [6.07, 6.45) is 4.30. The fourth-order valence-corrected chi connectivity index (χ4v) is 4.62. The molecule has 0 bridgehead atoms. The molecule has 1 fully saturated rings. The van der Waals surface area contributed by atoms with Crippen LogP contribution in [0.25, 0.3) is 11.3 Å². The number of benzene rings is 1. The van der Waals surface area contributed by atoms with Gasteiger partial charge in [-0.25, -0.2) is 9.78 Å². The number of hydrogen-bond acceptors (Lipinski definition) is 7. The number of aryl methyl sites for hydroxylation is 3. The summed E-state index contributed by atoms with van der Waals surface area (Å²) in [4.78, 5) is 24.7. The molecule has 3 aromatic rings. The number of urea groups is 1. The number of nitrogens with zero attached hydrogens (tertiary/aromatic N) is 5. The molecule has 1 aliphatic rings. The lowest BCUT2D eigenvalue weighted by atomic mass is 10.00. The number of amides is 2. The summed E-state index contributed by atoms with van der Waals surface area (Å²) in [5.41, 5.74) is 3.83. The van der Waals surface area contributed by atoms with E-state index in [0.717, 1.165) is 33.7 Å². The van der Waals surface area contributed by atoms with E-state index in [9.17, 15) is 4.79 Å². The zero-order valence-corrected chi connectivity index (χ0v) is 21.9. The van der Waals surface area contributed by atoms with Crippen LogP contribution in [-0.4, -0.2) is 55.4 Å². The summed E-state index contributed by atoms with van der Waals surface area (Å²) in [6, 6.07) is 8.00. The predicted molar refractivity (Wildman–Crippen MR) is 139 cm³/mol. The molecule has 3 heterocycles. The summed E-state index contributed by atoms with van der Waals surface area (Å²) in [5.74, 6) is 0.935. The van der Waals surface area contributed by atoms with Gasteiger partial charge in [0.05, 0.1) is 23.3 Å². The second-order valence-electron chi connectivity index (χ2n) is 9.89. The fourth-order valence-electron chi connectivity index (χ4n) is 4.01. The number of carbonyl (C=O) groups excluding carboxylic acids is 1. The molecule has 1 aromatic carbocycles. The van der Waals surface area contributed by atoms with Crippen molar-refractivity contribution >= 4 is 23.9 Å². The number of anilines is 1. The van der Waals surface area contributed by atoms with Gasteiger partial charge in [-0.3, -0.25) is 9.40 Å². The van der Waals surface area contributed by atoms with Gasteiger partial charge in [-0.15, -0.1) is 0 Å². The number of hydrogen-bond donors (Lipinski definition) is 2. The molecule has 1 saturated heterocycles. The Balaban J connectivity index is 1.55. The number of likely N-dealkylation sites (tertiary alicyclic amines) is 1. The first-order valence-corrected chi connectivity index (χ1v) is 12.5. The Morgan fingerprint density at radius 1 is 1.20 bits per heavy atom. The highest BCUT2D eigenvalue weighted by Crippen LogP contribution is 2.30. The maximum atomic E-state index is 12.6. The van der Waals surface area contributed by atoms with Crippen LogP contribution in [0.2, 0.25) is 0 Å². The lowest BCUT2D eigenvalue weighted by molar-refractivity contribution is 0.178. The summed E-state index contributed by atoms with van der Waals surface area (Å²) in [5, 5.41) is 7.22. The number of ether oxygens (including phenoxy) is 1. The highest BCUT2D eigenvalue weighted by molar-refractivity contribution is 8.00. The molecular weight excluding hydrogens is 462 g/mol. The molecule has 2 amide bonds. The molecule has 4 rings (SSSR count). The van der Waals surface area contributed by atoms with Crippen LogP contribution in [-0.2, 0) is 7.05 Å². The zero-order valence-electron chi connectivity index (χ0n) is 21.1. The van der Waals surface area contributed by atoms with Crippen LogP contribution >= 0.6 is 11.9 Å². The van der Waals surface area contributed by atoms with Crippen LogP contribution in [0.3, 0.4) is 0 Å². The minimum atomic E-state index is -0.282.